The first kappa shape index (κ1) is 34.2. The second-order valence-electron chi connectivity index (χ2n) is 15.1. The quantitative estimate of drug-likeness (QED) is 0.182. The van der Waals surface area contributed by atoms with Crippen LogP contribution in [0, 0.1) is 17.4 Å². The SMILES string of the molecule is CC(C)[Si](C#Cc1cc(N2C(=O)OCC2CC2CCCC2)nc2nc(Nc3ccc(N4CCN(C)CC4)cc3)ncc12)(C(C)C)C(C)C. The van der Waals surface area contributed by atoms with Crippen LogP contribution in [0.4, 0.5) is 27.9 Å². The molecule has 1 atom stereocenters. The van der Waals surface area contributed by atoms with Gasteiger partial charge in [-0.3, -0.25) is 4.90 Å². The second-order valence-corrected chi connectivity index (χ2v) is 20.6. The third-order valence-corrected chi connectivity index (χ3v) is 17.4. The van der Waals surface area contributed by atoms with Crippen LogP contribution in [-0.2, 0) is 4.74 Å². The van der Waals surface area contributed by atoms with Crippen molar-refractivity contribution in [2.45, 2.75) is 96.3 Å². The zero-order valence-corrected chi connectivity index (χ0v) is 30.9. The van der Waals surface area contributed by atoms with Crippen molar-refractivity contribution in [1.29, 1.82) is 0 Å². The predicted octanol–water partition coefficient (Wildman–Crippen LogP) is 8.00. The van der Waals surface area contributed by atoms with Gasteiger partial charge >= 0.3 is 6.09 Å². The third kappa shape index (κ3) is 7.04. The van der Waals surface area contributed by atoms with Crippen LogP contribution in [-0.4, -0.2) is 79.9 Å². The molecule has 10 heteroatoms. The number of fused-ring (bicyclic) bond motifs is 1. The van der Waals surface area contributed by atoms with Crippen molar-refractivity contribution in [3.63, 3.8) is 0 Å². The molecule has 0 radical (unpaired) electrons. The van der Waals surface area contributed by atoms with Crippen LogP contribution in [0.5, 0.6) is 0 Å². The molecule has 3 fully saturated rings. The summed E-state index contributed by atoms with van der Waals surface area (Å²) >= 11 is 0. The van der Waals surface area contributed by atoms with Gasteiger partial charge in [-0.25, -0.2) is 14.8 Å². The Kier molecular flexibility index (Phi) is 10.3. The summed E-state index contributed by atoms with van der Waals surface area (Å²) in [5.74, 6) is 5.26. The molecule has 3 aliphatic rings. The maximum absolute atomic E-state index is 13.2. The van der Waals surface area contributed by atoms with Gasteiger partial charge in [0.05, 0.1) is 11.4 Å². The summed E-state index contributed by atoms with van der Waals surface area (Å²) in [6.07, 6.45) is 7.36. The van der Waals surface area contributed by atoms with Gasteiger partial charge in [0.25, 0.3) is 0 Å². The predicted molar refractivity (Wildman–Crippen MR) is 199 cm³/mol. The summed E-state index contributed by atoms with van der Waals surface area (Å²) in [5.41, 5.74) is 8.83. The Balaban J connectivity index is 1.36. The molecule has 1 aliphatic carbocycles. The number of carbonyl (C=O) groups is 1. The average molecular weight is 668 g/mol. The Morgan fingerprint density at radius 3 is 2.27 bits per heavy atom. The minimum Gasteiger partial charge on any atom is -0.447 e. The highest BCUT2D eigenvalue weighted by Gasteiger charge is 2.42. The van der Waals surface area contributed by atoms with Crippen molar-refractivity contribution in [3.8, 4) is 11.5 Å². The van der Waals surface area contributed by atoms with Crippen LogP contribution in [0.15, 0.2) is 36.5 Å². The van der Waals surface area contributed by atoms with E-state index in [0.717, 1.165) is 49.2 Å². The molecule has 256 valence electrons. The van der Waals surface area contributed by atoms with Gasteiger partial charge in [0.1, 0.15) is 20.5 Å². The van der Waals surface area contributed by atoms with E-state index in [4.69, 9.17) is 19.7 Å². The number of rotatable bonds is 9. The number of carbonyl (C=O) groups excluding carboxylic acids is 1. The van der Waals surface area contributed by atoms with Gasteiger partial charge in [-0.15, -0.1) is 5.54 Å². The molecule has 2 aliphatic heterocycles. The first-order chi connectivity index (χ1) is 23.0. The molecule has 48 heavy (non-hydrogen) atoms. The monoisotopic (exact) mass is 667 g/mol. The summed E-state index contributed by atoms with van der Waals surface area (Å²) in [7, 11) is 0.145. The molecule has 0 spiro atoms. The number of benzene rings is 1. The van der Waals surface area contributed by atoms with Crippen LogP contribution < -0.4 is 15.1 Å². The highest BCUT2D eigenvalue weighted by molar-refractivity contribution is 6.90. The lowest BCUT2D eigenvalue weighted by atomic mass is 9.98. The Labute approximate surface area is 287 Å². The van der Waals surface area contributed by atoms with Crippen molar-refractivity contribution in [2.75, 3.05) is 55.0 Å². The lowest BCUT2D eigenvalue weighted by Crippen LogP contribution is -2.44. The summed E-state index contributed by atoms with van der Waals surface area (Å²) < 4.78 is 5.63. The number of ether oxygens (including phenoxy) is 1. The number of hydrogen-bond acceptors (Lipinski definition) is 8. The fraction of sp³-hybridized carbons (Fsp3) is 0.579. The molecule has 1 amide bonds. The summed E-state index contributed by atoms with van der Waals surface area (Å²) in [6.45, 7) is 18.5. The van der Waals surface area contributed by atoms with Gasteiger partial charge in [-0.2, -0.15) is 4.98 Å². The minimum absolute atomic E-state index is 0.0416. The normalized spacial score (nSPS) is 19.5. The minimum atomic E-state index is -2.03. The van der Waals surface area contributed by atoms with Crippen LogP contribution in [0.25, 0.3) is 11.0 Å². The molecule has 2 aromatic heterocycles. The maximum atomic E-state index is 13.2. The van der Waals surface area contributed by atoms with Crippen molar-refractivity contribution in [3.05, 3.63) is 42.1 Å². The van der Waals surface area contributed by atoms with E-state index in [-0.39, 0.29) is 12.1 Å². The molecule has 3 aromatic rings. The van der Waals surface area contributed by atoms with Crippen molar-refractivity contribution in [1.82, 2.24) is 19.9 Å². The maximum Gasteiger partial charge on any atom is 0.415 e. The number of nitrogens with zero attached hydrogens (tertiary/aromatic N) is 6. The number of pyridine rings is 1. The van der Waals surface area contributed by atoms with E-state index in [0.29, 0.717) is 46.6 Å². The smallest absolute Gasteiger partial charge is 0.415 e. The van der Waals surface area contributed by atoms with E-state index in [1.54, 1.807) is 4.90 Å². The zero-order valence-electron chi connectivity index (χ0n) is 29.9. The lowest BCUT2D eigenvalue weighted by molar-refractivity contribution is 0.177. The Morgan fingerprint density at radius 2 is 1.62 bits per heavy atom. The largest absolute Gasteiger partial charge is 0.447 e. The Hall–Kier alpha value is -3.68. The number of piperazine rings is 1. The van der Waals surface area contributed by atoms with E-state index in [2.05, 4.69) is 99.4 Å². The number of amides is 1. The first-order valence-electron chi connectivity index (χ1n) is 18.0. The second kappa shape index (κ2) is 14.4. The average Bonchev–Trinajstić information content (AvgIpc) is 3.70. The summed E-state index contributed by atoms with van der Waals surface area (Å²) in [4.78, 5) is 34.4. The number of nitrogens with one attached hydrogen (secondary N) is 1. The molecule has 2 saturated heterocycles. The van der Waals surface area contributed by atoms with Gasteiger partial charge in [-0.05, 0) is 66.3 Å². The van der Waals surface area contributed by atoms with E-state index in [1.807, 2.05) is 12.3 Å². The highest BCUT2D eigenvalue weighted by Crippen LogP contribution is 2.41. The fourth-order valence-electron chi connectivity index (χ4n) is 8.39. The summed E-state index contributed by atoms with van der Waals surface area (Å²) in [5, 5.41) is 4.18. The van der Waals surface area contributed by atoms with Crippen molar-refractivity contribution in [2.24, 2.45) is 5.92 Å². The first-order valence-corrected chi connectivity index (χ1v) is 20.3. The number of hydrogen-bond donors (Lipinski definition) is 1. The number of aromatic nitrogens is 3. The standard InChI is InChI=1S/C38H53N7O2Si/c1-26(2)48(27(3)4,28(5)6)21-16-30-23-35(45-33(25-47-38(45)46)22-29-10-8-9-11-29)41-36-34(30)24-39-37(42-36)40-31-12-14-32(15-13-31)44-19-17-43(7)18-20-44/h12-15,23-24,26-29,33H,8-11,17-20,22,25H2,1-7H3,(H,39,40,41,42). The van der Waals surface area contributed by atoms with Crippen molar-refractivity contribution >= 4 is 48.3 Å². The van der Waals surface area contributed by atoms with Gasteiger partial charge < -0.3 is 19.9 Å². The zero-order chi connectivity index (χ0) is 34.0. The lowest BCUT2D eigenvalue weighted by Gasteiger charge is -2.38. The molecular formula is C38H53N7O2Si. The van der Waals surface area contributed by atoms with Gasteiger partial charge in [-0.1, -0.05) is 73.1 Å². The number of likely N-dealkylation sites (N-methyl/N-ethyl adjacent to an activating group) is 1. The highest BCUT2D eigenvalue weighted by atomic mass is 28.3. The molecule has 1 aromatic carbocycles. The molecule has 9 nitrogen and oxygen atoms in total. The van der Waals surface area contributed by atoms with Crippen molar-refractivity contribution < 1.29 is 9.53 Å². The van der Waals surface area contributed by atoms with E-state index in [9.17, 15) is 4.79 Å². The Bertz CT molecular complexity index is 1630. The number of anilines is 4. The van der Waals surface area contributed by atoms with E-state index in [1.165, 1.54) is 31.4 Å². The molecule has 0 bridgehead atoms. The molecular weight excluding hydrogens is 615 g/mol. The van der Waals surface area contributed by atoms with Gasteiger partial charge in [0, 0.05) is 49.3 Å². The van der Waals surface area contributed by atoms with Crippen LogP contribution in [0.3, 0.4) is 0 Å². The number of cyclic esters (lactones) is 1. The topological polar surface area (TPSA) is 86.7 Å². The van der Waals surface area contributed by atoms with E-state index >= 15 is 0 Å². The molecule has 1 unspecified atom stereocenters. The molecule has 1 N–H and O–H groups in total. The molecule has 6 rings (SSSR count). The Morgan fingerprint density at radius 1 is 0.958 bits per heavy atom. The van der Waals surface area contributed by atoms with E-state index < -0.39 is 8.07 Å². The fourth-order valence-corrected chi connectivity index (χ4v) is 13.6. The molecule has 4 heterocycles. The molecule has 1 saturated carbocycles. The van der Waals surface area contributed by atoms with Gasteiger partial charge in [0.15, 0.2) is 5.65 Å². The summed E-state index contributed by atoms with van der Waals surface area (Å²) in [6, 6.07) is 10.4. The van der Waals surface area contributed by atoms with Crippen LogP contribution in [0.1, 0.15) is 79.2 Å². The van der Waals surface area contributed by atoms with Crippen LogP contribution in [0.2, 0.25) is 16.6 Å². The van der Waals surface area contributed by atoms with Crippen LogP contribution >= 0.6 is 0 Å². The third-order valence-electron chi connectivity index (χ3n) is 11.1. The van der Waals surface area contributed by atoms with Gasteiger partial charge in [0.2, 0.25) is 5.95 Å².